The van der Waals surface area contributed by atoms with Crippen LogP contribution in [-0.4, -0.2) is 31.7 Å². The first-order chi connectivity index (χ1) is 14.5. The molecule has 152 valence electrons. The first-order valence-corrected chi connectivity index (χ1v) is 8.62. The molecule has 3 rings (SSSR count). The van der Waals surface area contributed by atoms with E-state index in [-0.39, 0.29) is 22.9 Å². The topological polar surface area (TPSA) is 164 Å². The number of carbonyl (C=O) groups excluding carboxylic acids is 2. The normalized spacial score (nSPS) is 10.0. The fourth-order valence-electron chi connectivity index (χ4n) is 2.20. The number of anilines is 2. The van der Waals surface area contributed by atoms with Gasteiger partial charge in [0.25, 0.3) is 11.8 Å². The maximum absolute atomic E-state index is 12.2. The predicted octanol–water partition coefficient (Wildman–Crippen LogP) is 1.95. The molecular formula is C17H13ClN8O4. The van der Waals surface area contributed by atoms with Gasteiger partial charge in [-0.25, -0.2) is 9.97 Å². The second-order valence-corrected chi connectivity index (χ2v) is 5.99. The molecule has 0 aliphatic rings. The summed E-state index contributed by atoms with van der Waals surface area (Å²) in [5.74, 6) is -1.80. The Morgan fingerprint density at radius 1 is 0.900 bits per heavy atom. The summed E-state index contributed by atoms with van der Waals surface area (Å²) in [6.07, 6.45) is 2.44. The average molecular weight is 429 g/mol. The van der Waals surface area contributed by atoms with Gasteiger partial charge >= 0.3 is 5.69 Å². The van der Waals surface area contributed by atoms with Crippen molar-refractivity contribution in [1.29, 1.82) is 0 Å². The van der Waals surface area contributed by atoms with Crippen molar-refractivity contribution >= 4 is 40.7 Å². The minimum Gasteiger partial charge on any atom is -0.276 e. The van der Waals surface area contributed by atoms with Gasteiger partial charge in [0.2, 0.25) is 11.6 Å². The van der Waals surface area contributed by atoms with Crippen molar-refractivity contribution in [2.45, 2.75) is 0 Å². The summed E-state index contributed by atoms with van der Waals surface area (Å²) < 4.78 is 0. The molecule has 12 nitrogen and oxygen atoms in total. The monoisotopic (exact) mass is 428 g/mol. The van der Waals surface area contributed by atoms with E-state index in [1.165, 1.54) is 36.5 Å². The molecular weight excluding hydrogens is 416 g/mol. The van der Waals surface area contributed by atoms with Crippen LogP contribution in [0, 0.1) is 10.1 Å². The van der Waals surface area contributed by atoms with Crippen LogP contribution >= 0.6 is 11.6 Å². The van der Waals surface area contributed by atoms with Crippen LogP contribution in [0.25, 0.3) is 0 Å². The third kappa shape index (κ3) is 4.94. The number of hydrazine groups is 2. The average Bonchev–Trinajstić information content (AvgIpc) is 2.76. The third-order valence-electron chi connectivity index (χ3n) is 3.60. The molecule has 0 bridgehead atoms. The van der Waals surface area contributed by atoms with Crippen molar-refractivity contribution in [3.05, 3.63) is 81.4 Å². The van der Waals surface area contributed by atoms with Gasteiger partial charge in [-0.05, 0) is 36.4 Å². The Morgan fingerprint density at radius 3 is 2.10 bits per heavy atom. The molecule has 30 heavy (non-hydrogen) atoms. The molecule has 3 aromatic rings. The Morgan fingerprint density at radius 2 is 1.53 bits per heavy atom. The molecule has 0 unspecified atom stereocenters. The molecule has 0 aliphatic heterocycles. The second-order valence-electron chi connectivity index (χ2n) is 5.56. The minimum absolute atomic E-state index is 0.0929. The van der Waals surface area contributed by atoms with E-state index in [1.54, 1.807) is 12.1 Å². The van der Waals surface area contributed by atoms with E-state index in [1.807, 2.05) is 0 Å². The maximum Gasteiger partial charge on any atom is 0.356 e. The minimum atomic E-state index is -0.772. The number of halogens is 1. The zero-order valence-electron chi connectivity index (χ0n) is 15.0. The molecule has 0 fully saturated rings. The third-order valence-corrected chi connectivity index (χ3v) is 3.85. The molecule has 2 heterocycles. The van der Waals surface area contributed by atoms with Crippen LogP contribution in [0.1, 0.15) is 20.8 Å². The lowest BCUT2D eigenvalue weighted by Crippen LogP contribution is -2.32. The van der Waals surface area contributed by atoms with E-state index in [0.717, 1.165) is 6.33 Å². The first kappa shape index (κ1) is 20.4. The molecule has 2 amide bonds. The number of nitrogens with zero attached hydrogens (tertiary/aromatic N) is 4. The number of benzene rings is 1. The zero-order valence-corrected chi connectivity index (χ0v) is 15.8. The van der Waals surface area contributed by atoms with Crippen LogP contribution in [0.5, 0.6) is 0 Å². The van der Waals surface area contributed by atoms with E-state index in [9.17, 15) is 19.7 Å². The number of carbonyl (C=O) groups is 2. The molecule has 1 aromatic carbocycles. The van der Waals surface area contributed by atoms with Gasteiger partial charge in [0.1, 0.15) is 12.0 Å². The van der Waals surface area contributed by atoms with E-state index in [2.05, 4.69) is 36.7 Å². The summed E-state index contributed by atoms with van der Waals surface area (Å²) in [6.45, 7) is 0. The fraction of sp³-hybridized carbons (Fsp3) is 0. The van der Waals surface area contributed by atoms with Gasteiger partial charge in [-0.1, -0.05) is 17.7 Å². The molecule has 0 aliphatic carbocycles. The van der Waals surface area contributed by atoms with Crippen molar-refractivity contribution in [2.24, 2.45) is 0 Å². The van der Waals surface area contributed by atoms with Crippen LogP contribution in [0.2, 0.25) is 5.02 Å². The van der Waals surface area contributed by atoms with Gasteiger partial charge in [-0.15, -0.1) is 0 Å². The molecule has 0 radical (unpaired) electrons. The van der Waals surface area contributed by atoms with Crippen molar-refractivity contribution in [3.63, 3.8) is 0 Å². The van der Waals surface area contributed by atoms with Gasteiger partial charge in [0.15, 0.2) is 0 Å². The van der Waals surface area contributed by atoms with Crippen LogP contribution in [0.4, 0.5) is 17.3 Å². The number of aromatic nitrogens is 3. The SMILES string of the molecule is O=C(NNc1ncnc(NNC(=O)c2ccccn2)c1[N+](=O)[O-])c1ccc(Cl)cc1. The lowest BCUT2D eigenvalue weighted by molar-refractivity contribution is -0.383. The Hall–Kier alpha value is -4.32. The highest BCUT2D eigenvalue weighted by molar-refractivity contribution is 6.30. The molecule has 13 heteroatoms. The molecule has 0 atom stereocenters. The second kappa shape index (κ2) is 9.25. The Balaban J connectivity index is 1.72. The number of nitro groups is 1. The summed E-state index contributed by atoms with van der Waals surface area (Å²) in [5.41, 5.74) is 9.05. The Bertz CT molecular complexity index is 1080. The van der Waals surface area contributed by atoms with Gasteiger partial charge in [-0.2, -0.15) is 0 Å². The van der Waals surface area contributed by atoms with Gasteiger partial charge in [0, 0.05) is 16.8 Å². The number of nitrogens with one attached hydrogen (secondary N) is 4. The van der Waals surface area contributed by atoms with Gasteiger partial charge < -0.3 is 0 Å². The zero-order chi connectivity index (χ0) is 21.5. The van der Waals surface area contributed by atoms with E-state index < -0.39 is 22.4 Å². The summed E-state index contributed by atoms with van der Waals surface area (Å²) in [4.78, 5) is 46.3. The van der Waals surface area contributed by atoms with Gasteiger partial charge in [0.05, 0.1) is 4.92 Å². The van der Waals surface area contributed by atoms with Crippen molar-refractivity contribution in [2.75, 3.05) is 10.9 Å². The van der Waals surface area contributed by atoms with Gasteiger partial charge in [-0.3, -0.25) is 46.4 Å². The number of pyridine rings is 1. The maximum atomic E-state index is 12.2. The Kier molecular flexibility index (Phi) is 6.29. The summed E-state index contributed by atoms with van der Waals surface area (Å²) >= 11 is 5.77. The number of hydrogen-bond donors (Lipinski definition) is 4. The highest BCUT2D eigenvalue weighted by Crippen LogP contribution is 2.27. The quantitative estimate of drug-likeness (QED) is 0.325. The number of amides is 2. The molecule has 0 saturated heterocycles. The smallest absolute Gasteiger partial charge is 0.276 e. The molecule has 0 spiro atoms. The number of rotatable bonds is 7. The lowest BCUT2D eigenvalue weighted by Gasteiger charge is -2.11. The standard InChI is InChI=1S/C17H13ClN8O4/c18-11-6-4-10(5-7-11)16(27)24-22-14-13(26(29)30)15(21-9-20-14)23-25-17(28)12-3-1-2-8-19-12/h1-9H,(H,24,27)(H,25,28)(H2,20,21,22,23). The van der Waals surface area contributed by atoms with Crippen LogP contribution in [0.15, 0.2) is 55.0 Å². The van der Waals surface area contributed by atoms with Crippen LogP contribution in [-0.2, 0) is 0 Å². The fourth-order valence-corrected chi connectivity index (χ4v) is 2.33. The summed E-state index contributed by atoms with van der Waals surface area (Å²) in [6, 6.07) is 10.7. The first-order valence-electron chi connectivity index (χ1n) is 8.24. The lowest BCUT2D eigenvalue weighted by atomic mass is 10.2. The Labute approximate surface area is 173 Å². The highest BCUT2D eigenvalue weighted by Gasteiger charge is 2.24. The van der Waals surface area contributed by atoms with Crippen molar-refractivity contribution in [1.82, 2.24) is 25.8 Å². The van der Waals surface area contributed by atoms with E-state index in [4.69, 9.17) is 11.6 Å². The van der Waals surface area contributed by atoms with Crippen molar-refractivity contribution in [3.8, 4) is 0 Å². The van der Waals surface area contributed by atoms with Crippen LogP contribution in [0.3, 0.4) is 0 Å². The largest absolute Gasteiger partial charge is 0.356 e. The molecule has 2 aromatic heterocycles. The van der Waals surface area contributed by atoms with E-state index >= 15 is 0 Å². The van der Waals surface area contributed by atoms with Crippen LogP contribution < -0.4 is 21.7 Å². The summed E-state index contributed by atoms with van der Waals surface area (Å²) in [7, 11) is 0. The predicted molar refractivity (Wildman–Crippen MR) is 107 cm³/mol. The van der Waals surface area contributed by atoms with E-state index in [0.29, 0.717) is 5.02 Å². The van der Waals surface area contributed by atoms with Crippen molar-refractivity contribution < 1.29 is 14.5 Å². The highest BCUT2D eigenvalue weighted by atomic mass is 35.5. The molecule has 0 saturated carbocycles. The summed E-state index contributed by atoms with van der Waals surface area (Å²) in [5, 5.41) is 12.0. The number of hydrogen-bond acceptors (Lipinski definition) is 9. The molecule has 4 N–H and O–H groups in total.